The van der Waals surface area contributed by atoms with Gasteiger partial charge in [0, 0.05) is 5.92 Å². The van der Waals surface area contributed by atoms with Gasteiger partial charge in [-0.2, -0.15) is 0 Å². The number of hydrogen-bond acceptors (Lipinski definition) is 2. The van der Waals surface area contributed by atoms with Crippen LogP contribution in [0, 0.1) is 5.92 Å². The molecule has 23 heavy (non-hydrogen) atoms. The van der Waals surface area contributed by atoms with Gasteiger partial charge in [0.2, 0.25) is 0 Å². The van der Waals surface area contributed by atoms with Crippen LogP contribution in [-0.2, 0) is 9.53 Å². The molecular weight excluding hydrogens is 401 g/mol. The van der Waals surface area contributed by atoms with Crippen molar-refractivity contribution in [3.63, 3.8) is 0 Å². The first-order valence-electron chi connectivity index (χ1n) is 8.50. The average Bonchev–Trinajstić information content (AvgIpc) is 2.71. The zero-order valence-corrected chi connectivity index (χ0v) is 16.6. The molecule has 0 N–H and O–H groups in total. The number of esters is 1. The first-order valence-corrected chi connectivity index (χ1v) is 8.50. The van der Waals surface area contributed by atoms with Crippen LogP contribution in [0.1, 0.15) is 43.6 Å². The van der Waals surface area contributed by atoms with Gasteiger partial charge >= 0.3 is 5.97 Å². The maximum absolute atomic E-state index is 12.7. The quantitative estimate of drug-likeness (QED) is 0.394. The molecule has 0 bridgehead atoms. The summed E-state index contributed by atoms with van der Waals surface area (Å²) in [5, 5.41) is 0. The second kappa shape index (κ2) is 7.09. The largest absolute Gasteiger partial charge is 1.00 e. The number of nitrogens with zero attached hydrogens (tertiary/aromatic N) is 1. The lowest BCUT2D eigenvalue weighted by Gasteiger charge is -2.38. The standard InChI is InChI=1S/C19H28NO2.HI/c1-20(2,3)14-16-17(15-10-6-4-7-11-15)19(22-18(16)21)12-8-5-9-13-19;/h4,6-7,10-11,16-17H,5,8-9,12-14H2,1-3H3;1H/q+1;/p-1. The summed E-state index contributed by atoms with van der Waals surface area (Å²) in [7, 11) is 6.46. The van der Waals surface area contributed by atoms with Crippen molar-refractivity contribution >= 4 is 5.97 Å². The lowest BCUT2D eigenvalue weighted by molar-refractivity contribution is -0.872. The lowest BCUT2D eigenvalue weighted by atomic mass is 9.69. The second-order valence-corrected chi connectivity index (χ2v) is 8.01. The predicted octanol–water partition coefficient (Wildman–Crippen LogP) is 0.356. The average molecular weight is 429 g/mol. The number of carbonyl (C=O) groups is 1. The van der Waals surface area contributed by atoms with Crippen LogP contribution in [0.4, 0.5) is 0 Å². The molecule has 1 aliphatic heterocycles. The molecule has 1 spiro atoms. The first kappa shape index (κ1) is 18.7. The molecule has 2 atom stereocenters. The number of hydrogen-bond donors (Lipinski definition) is 0. The summed E-state index contributed by atoms with van der Waals surface area (Å²) < 4.78 is 6.86. The summed E-state index contributed by atoms with van der Waals surface area (Å²) in [6, 6.07) is 10.6. The molecule has 1 aliphatic carbocycles. The zero-order valence-electron chi connectivity index (χ0n) is 14.4. The number of quaternary nitrogens is 1. The zero-order chi connectivity index (χ0) is 15.8. The van der Waals surface area contributed by atoms with Crippen molar-refractivity contribution in [2.75, 3.05) is 27.7 Å². The smallest absolute Gasteiger partial charge is 0.316 e. The van der Waals surface area contributed by atoms with Gasteiger partial charge in [-0.25, -0.2) is 0 Å². The van der Waals surface area contributed by atoms with Crippen molar-refractivity contribution < 1.29 is 38.0 Å². The number of benzene rings is 1. The fourth-order valence-corrected chi connectivity index (χ4v) is 4.37. The monoisotopic (exact) mass is 429 g/mol. The number of halogens is 1. The molecule has 4 heteroatoms. The van der Waals surface area contributed by atoms with Crippen molar-refractivity contribution in [1.82, 2.24) is 0 Å². The third-order valence-corrected chi connectivity index (χ3v) is 5.18. The van der Waals surface area contributed by atoms with Crippen LogP contribution >= 0.6 is 0 Å². The van der Waals surface area contributed by atoms with Gasteiger partial charge in [0.05, 0.1) is 27.7 Å². The fraction of sp³-hybridized carbons (Fsp3) is 0.632. The Kier molecular flexibility index (Phi) is 5.77. The lowest BCUT2D eigenvalue weighted by Crippen LogP contribution is -3.00. The maximum Gasteiger partial charge on any atom is 0.316 e. The highest BCUT2D eigenvalue weighted by Gasteiger charge is 2.57. The van der Waals surface area contributed by atoms with Gasteiger partial charge in [0.15, 0.2) is 0 Å². The van der Waals surface area contributed by atoms with Gasteiger partial charge in [0.1, 0.15) is 11.5 Å². The molecule has 3 nitrogen and oxygen atoms in total. The van der Waals surface area contributed by atoms with Crippen molar-refractivity contribution in [2.45, 2.75) is 43.6 Å². The number of rotatable bonds is 3. The maximum atomic E-state index is 12.7. The topological polar surface area (TPSA) is 26.3 Å². The van der Waals surface area contributed by atoms with E-state index in [4.69, 9.17) is 4.74 Å². The van der Waals surface area contributed by atoms with E-state index in [0.29, 0.717) is 0 Å². The van der Waals surface area contributed by atoms with E-state index in [2.05, 4.69) is 45.4 Å². The normalized spacial score (nSPS) is 26.7. The fourth-order valence-electron chi connectivity index (χ4n) is 4.37. The first-order chi connectivity index (χ1) is 10.4. The van der Waals surface area contributed by atoms with Gasteiger partial charge in [-0.3, -0.25) is 4.79 Å². The van der Waals surface area contributed by atoms with Crippen LogP contribution in [0.15, 0.2) is 30.3 Å². The second-order valence-electron chi connectivity index (χ2n) is 8.01. The van der Waals surface area contributed by atoms with Crippen molar-refractivity contribution in [1.29, 1.82) is 0 Å². The van der Waals surface area contributed by atoms with Crippen LogP contribution in [0.25, 0.3) is 0 Å². The van der Waals surface area contributed by atoms with E-state index >= 15 is 0 Å². The summed E-state index contributed by atoms with van der Waals surface area (Å²) in [4.78, 5) is 12.7. The van der Waals surface area contributed by atoms with E-state index in [1.165, 1.54) is 24.8 Å². The Labute approximate surface area is 157 Å². The highest BCUT2D eigenvalue weighted by Crippen LogP contribution is 2.52. The van der Waals surface area contributed by atoms with Crippen LogP contribution in [0.2, 0.25) is 0 Å². The molecule has 0 amide bonds. The van der Waals surface area contributed by atoms with Gasteiger partial charge in [-0.1, -0.05) is 36.8 Å². The molecule has 2 fully saturated rings. The molecule has 1 aromatic rings. The summed E-state index contributed by atoms with van der Waals surface area (Å²) in [5.41, 5.74) is 1.02. The molecule has 1 saturated heterocycles. The third-order valence-electron chi connectivity index (χ3n) is 5.18. The van der Waals surface area contributed by atoms with Crippen LogP contribution in [0.3, 0.4) is 0 Å². The van der Waals surface area contributed by atoms with E-state index in [-0.39, 0.29) is 47.4 Å². The summed E-state index contributed by atoms with van der Waals surface area (Å²) in [6.07, 6.45) is 5.65. The van der Waals surface area contributed by atoms with Gasteiger partial charge in [-0.15, -0.1) is 0 Å². The highest BCUT2D eigenvalue weighted by atomic mass is 127. The van der Waals surface area contributed by atoms with Crippen molar-refractivity contribution in [3.05, 3.63) is 35.9 Å². The summed E-state index contributed by atoms with van der Waals surface area (Å²) in [6.45, 7) is 0.833. The Balaban J connectivity index is 0.00000192. The molecule has 128 valence electrons. The minimum Gasteiger partial charge on any atom is -1.00 e. The molecule has 2 aliphatic rings. The molecule has 3 rings (SSSR count). The SMILES string of the molecule is C[N+](C)(C)CC1C(=O)OC2(CCCCC2)C1c1ccccc1.[I-]. The third kappa shape index (κ3) is 3.90. The van der Waals surface area contributed by atoms with Crippen molar-refractivity contribution in [2.24, 2.45) is 5.92 Å². The molecular formula is C19H28INO2. The molecule has 1 saturated carbocycles. The Bertz CT molecular complexity index is 532. The molecule has 1 heterocycles. The Morgan fingerprint density at radius 1 is 1.09 bits per heavy atom. The highest BCUT2D eigenvalue weighted by molar-refractivity contribution is 5.78. The number of carbonyl (C=O) groups excluding carboxylic acids is 1. The summed E-state index contributed by atoms with van der Waals surface area (Å²) >= 11 is 0. The molecule has 2 unspecified atom stereocenters. The predicted molar refractivity (Wildman–Crippen MR) is 87.5 cm³/mol. The Morgan fingerprint density at radius 2 is 1.70 bits per heavy atom. The Hall–Kier alpha value is -0.620. The van der Waals surface area contributed by atoms with Gasteiger partial charge < -0.3 is 33.2 Å². The Morgan fingerprint density at radius 3 is 2.26 bits per heavy atom. The molecule has 1 aromatic carbocycles. The minimum atomic E-state index is -0.253. The van der Waals surface area contributed by atoms with Gasteiger partial charge in [0.25, 0.3) is 0 Å². The number of ether oxygens (including phenoxy) is 1. The van der Waals surface area contributed by atoms with Crippen LogP contribution in [0.5, 0.6) is 0 Å². The van der Waals surface area contributed by atoms with E-state index in [1.54, 1.807) is 0 Å². The summed E-state index contributed by atoms with van der Waals surface area (Å²) in [5.74, 6) is 0.197. The van der Waals surface area contributed by atoms with Crippen LogP contribution in [-0.4, -0.2) is 43.7 Å². The van der Waals surface area contributed by atoms with E-state index in [9.17, 15) is 4.79 Å². The molecule has 0 radical (unpaired) electrons. The minimum absolute atomic E-state index is 0. The van der Waals surface area contributed by atoms with E-state index in [1.807, 2.05) is 6.07 Å². The van der Waals surface area contributed by atoms with E-state index in [0.717, 1.165) is 23.9 Å². The molecule has 0 aromatic heterocycles. The van der Waals surface area contributed by atoms with Crippen LogP contribution < -0.4 is 24.0 Å². The van der Waals surface area contributed by atoms with Gasteiger partial charge in [-0.05, 0) is 31.2 Å². The van der Waals surface area contributed by atoms with Crippen molar-refractivity contribution in [3.8, 4) is 0 Å². The van der Waals surface area contributed by atoms with E-state index < -0.39 is 0 Å².